The monoisotopic (exact) mass is 480 g/mol. The molecule has 1 N–H and O–H groups in total. The second-order valence-corrected chi connectivity index (χ2v) is 9.66. The van der Waals surface area contributed by atoms with Gasteiger partial charge in [-0.3, -0.25) is 9.52 Å². The molecule has 1 aliphatic carbocycles. The van der Waals surface area contributed by atoms with E-state index in [1.807, 2.05) is 6.07 Å². The van der Waals surface area contributed by atoms with Crippen molar-refractivity contribution >= 4 is 43.2 Å². The lowest BCUT2D eigenvalue weighted by Gasteiger charge is -2.21. The quantitative estimate of drug-likeness (QED) is 0.682. The van der Waals surface area contributed by atoms with Gasteiger partial charge in [-0.2, -0.15) is 0 Å². The number of fused-ring (bicyclic) bond motifs is 1. The van der Waals surface area contributed by atoms with Gasteiger partial charge in [0, 0.05) is 23.0 Å². The van der Waals surface area contributed by atoms with E-state index in [2.05, 4.69) is 20.7 Å². The van der Waals surface area contributed by atoms with Crippen LogP contribution in [0.3, 0.4) is 0 Å². The third-order valence-electron chi connectivity index (χ3n) is 5.13. The number of nitrogens with zero attached hydrogens (tertiary/aromatic N) is 1. The van der Waals surface area contributed by atoms with Crippen molar-refractivity contribution in [2.45, 2.75) is 24.2 Å². The Kier molecular flexibility index (Phi) is 5.20. The van der Waals surface area contributed by atoms with Crippen molar-refractivity contribution in [2.75, 3.05) is 30.4 Å². The lowest BCUT2D eigenvalue weighted by Crippen LogP contribution is -2.31. The number of anilines is 2. The highest BCUT2D eigenvalue weighted by Crippen LogP contribution is 2.42. The van der Waals surface area contributed by atoms with Crippen molar-refractivity contribution in [3.05, 3.63) is 40.4 Å². The number of methoxy groups -OCH3 is 2. The molecule has 154 valence electrons. The van der Waals surface area contributed by atoms with E-state index in [1.165, 1.54) is 20.3 Å². The van der Waals surface area contributed by atoms with E-state index in [0.717, 1.165) is 18.4 Å². The Balaban J connectivity index is 1.78. The number of carbonyl (C=O) groups is 1. The van der Waals surface area contributed by atoms with Gasteiger partial charge >= 0.3 is 0 Å². The van der Waals surface area contributed by atoms with E-state index in [9.17, 15) is 13.2 Å². The summed E-state index contributed by atoms with van der Waals surface area (Å²) in [5.41, 5.74) is 1.57. The largest absolute Gasteiger partial charge is 0.497 e. The van der Waals surface area contributed by atoms with Crippen LogP contribution < -0.4 is 19.1 Å². The van der Waals surface area contributed by atoms with Crippen molar-refractivity contribution in [2.24, 2.45) is 5.92 Å². The molecule has 2 aliphatic rings. The first-order valence-electron chi connectivity index (χ1n) is 9.22. The first-order valence-corrected chi connectivity index (χ1v) is 11.5. The van der Waals surface area contributed by atoms with Crippen LogP contribution in [0.25, 0.3) is 0 Å². The molecule has 4 rings (SSSR count). The number of ether oxygens (including phenoxy) is 2. The second kappa shape index (κ2) is 7.53. The Morgan fingerprint density at radius 1 is 1.17 bits per heavy atom. The molecule has 0 radical (unpaired) electrons. The molecular formula is C20H21BrN2O5S. The Morgan fingerprint density at radius 2 is 1.93 bits per heavy atom. The Labute approximate surface area is 178 Å². The first-order chi connectivity index (χ1) is 13.8. The highest BCUT2D eigenvalue weighted by molar-refractivity contribution is 9.10. The number of sulfonamides is 1. The smallest absolute Gasteiger partial charge is 0.264 e. The summed E-state index contributed by atoms with van der Waals surface area (Å²) in [6.07, 6.45) is 2.35. The number of carbonyl (C=O) groups excluding carboxylic acids is 1. The summed E-state index contributed by atoms with van der Waals surface area (Å²) in [5.74, 6) is 0.869. The second-order valence-electron chi connectivity index (χ2n) is 7.10. The molecule has 1 fully saturated rings. The summed E-state index contributed by atoms with van der Waals surface area (Å²) >= 11 is 3.40. The number of hydrogen-bond donors (Lipinski definition) is 1. The van der Waals surface area contributed by atoms with Crippen molar-refractivity contribution in [3.8, 4) is 11.5 Å². The molecule has 29 heavy (non-hydrogen) atoms. The van der Waals surface area contributed by atoms with Gasteiger partial charge in [-0.1, -0.05) is 15.9 Å². The van der Waals surface area contributed by atoms with Gasteiger partial charge in [0.1, 0.15) is 16.4 Å². The lowest BCUT2D eigenvalue weighted by molar-refractivity contribution is -0.119. The molecule has 1 heterocycles. The summed E-state index contributed by atoms with van der Waals surface area (Å²) < 4.78 is 40.5. The summed E-state index contributed by atoms with van der Waals surface area (Å²) in [7, 11) is -1.03. The Hall–Kier alpha value is -2.26. The summed E-state index contributed by atoms with van der Waals surface area (Å²) in [6.45, 7) is 0.492. The molecule has 1 saturated carbocycles. The van der Waals surface area contributed by atoms with E-state index in [-0.39, 0.29) is 22.4 Å². The maximum atomic E-state index is 13.4. The lowest BCUT2D eigenvalue weighted by atomic mass is 10.2. The molecule has 1 aliphatic heterocycles. The highest BCUT2D eigenvalue weighted by atomic mass is 79.9. The number of amides is 1. The van der Waals surface area contributed by atoms with Crippen LogP contribution in [-0.4, -0.2) is 35.1 Å². The predicted octanol–water partition coefficient (Wildman–Crippen LogP) is 3.57. The van der Waals surface area contributed by atoms with Crippen molar-refractivity contribution < 1.29 is 22.7 Å². The average molecular weight is 481 g/mol. The van der Waals surface area contributed by atoms with Crippen LogP contribution in [0.4, 0.5) is 11.4 Å². The molecule has 0 atom stereocenters. The molecule has 0 bridgehead atoms. The van der Waals surface area contributed by atoms with Crippen LogP contribution in [0.5, 0.6) is 11.5 Å². The molecular weight excluding hydrogens is 460 g/mol. The van der Waals surface area contributed by atoms with Crippen molar-refractivity contribution in [1.29, 1.82) is 0 Å². The number of rotatable bonds is 6. The number of halogens is 1. The van der Waals surface area contributed by atoms with Gasteiger partial charge in [-0.05, 0) is 49.1 Å². The van der Waals surface area contributed by atoms with Crippen LogP contribution in [0.15, 0.2) is 39.7 Å². The van der Waals surface area contributed by atoms with E-state index in [0.29, 0.717) is 34.6 Å². The fourth-order valence-corrected chi connectivity index (χ4v) is 5.53. The van der Waals surface area contributed by atoms with E-state index in [4.69, 9.17) is 9.47 Å². The third-order valence-corrected chi connectivity index (χ3v) is 6.96. The van der Waals surface area contributed by atoms with Gasteiger partial charge in [0.15, 0.2) is 0 Å². The van der Waals surface area contributed by atoms with Gasteiger partial charge in [-0.25, -0.2) is 8.42 Å². The zero-order valence-electron chi connectivity index (χ0n) is 16.1. The molecule has 2 aromatic rings. The highest BCUT2D eigenvalue weighted by Gasteiger charge is 2.39. The van der Waals surface area contributed by atoms with Gasteiger partial charge in [0.25, 0.3) is 10.0 Å². The Bertz CT molecular complexity index is 1080. The molecule has 0 saturated heterocycles. The van der Waals surface area contributed by atoms with E-state index >= 15 is 0 Å². The van der Waals surface area contributed by atoms with Crippen LogP contribution in [0.2, 0.25) is 0 Å². The Morgan fingerprint density at radius 3 is 2.59 bits per heavy atom. The third kappa shape index (κ3) is 3.81. The minimum atomic E-state index is -4.00. The molecule has 0 spiro atoms. The van der Waals surface area contributed by atoms with Gasteiger partial charge in [0.2, 0.25) is 5.91 Å². The van der Waals surface area contributed by atoms with E-state index < -0.39 is 10.0 Å². The minimum absolute atomic E-state index is 0.00137. The maximum absolute atomic E-state index is 13.4. The fraction of sp³-hybridized carbons (Fsp3) is 0.350. The average Bonchev–Trinajstić information content (AvgIpc) is 3.46. The van der Waals surface area contributed by atoms with Gasteiger partial charge in [-0.15, -0.1) is 0 Å². The summed E-state index contributed by atoms with van der Waals surface area (Å²) in [4.78, 5) is 14.4. The first kappa shape index (κ1) is 20.0. The molecule has 2 aromatic carbocycles. The van der Waals surface area contributed by atoms with Gasteiger partial charge < -0.3 is 14.4 Å². The number of nitrogens with one attached hydrogen (secondary N) is 1. The molecule has 9 heteroatoms. The molecule has 1 amide bonds. The maximum Gasteiger partial charge on any atom is 0.264 e. The minimum Gasteiger partial charge on any atom is -0.497 e. The van der Waals surface area contributed by atoms with Crippen LogP contribution in [0.1, 0.15) is 18.4 Å². The fourth-order valence-electron chi connectivity index (χ4n) is 3.54. The summed E-state index contributed by atoms with van der Waals surface area (Å²) in [6, 6.07) is 8.28. The molecule has 0 unspecified atom stereocenters. The predicted molar refractivity (Wildman–Crippen MR) is 113 cm³/mol. The van der Waals surface area contributed by atoms with Crippen molar-refractivity contribution in [3.63, 3.8) is 0 Å². The topological polar surface area (TPSA) is 84.9 Å². The SMILES string of the molecule is COc1ccc(OC)c(NS(=O)(=O)c2cc(Br)cc3c2N(C(=O)C2CC2)CC3)c1. The normalized spacial score (nSPS) is 15.8. The standard InChI is InChI=1S/C20H21BrN2O5S/c1-27-15-5-6-17(28-2)16(11-15)22-29(25,26)18-10-14(21)9-13-7-8-23(19(13)18)20(24)12-3-4-12/h5-6,9-12,22H,3-4,7-8H2,1-2H3. The molecule has 0 aromatic heterocycles. The van der Waals surface area contributed by atoms with Gasteiger partial charge in [0.05, 0.1) is 25.6 Å². The van der Waals surface area contributed by atoms with Crippen molar-refractivity contribution in [1.82, 2.24) is 0 Å². The van der Waals surface area contributed by atoms with Crippen LogP contribution in [-0.2, 0) is 21.2 Å². The number of hydrogen-bond acceptors (Lipinski definition) is 5. The summed E-state index contributed by atoms with van der Waals surface area (Å²) in [5, 5.41) is 0. The van der Waals surface area contributed by atoms with Crippen LogP contribution >= 0.6 is 15.9 Å². The zero-order chi connectivity index (χ0) is 20.8. The zero-order valence-corrected chi connectivity index (χ0v) is 18.5. The number of benzene rings is 2. The van der Waals surface area contributed by atoms with Crippen LogP contribution in [0, 0.1) is 5.92 Å². The molecule has 7 nitrogen and oxygen atoms in total. The van der Waals surface area contributed by atoms with E-state index in [1.54, 1.807) is 23.1 Å².